The summed E-state index contributed by atoms with van der Waals surface area (Å²) in [5, 5.41) is 2.85. The number of aryl methyl sites for hydroxylation is 1. The van der Waals surface area contributed by atoms with E-state index < -0.39 is 10.0 Å². The third-order valence-electron chi connectivity index (χ3n) is 2.57. The van der Waals surface area contributed by atoms with Crippen LogP contribution in [0, 0.1) is 6.92 Å². The molecule has 0 aliphatic rings. The summed E-state index contributed by atoms with van der Waals surface area (Å²) < 4.78 is 25.1. The molecule has 0 saturated carbocycles. The molecule has 0 spiro atoms. The van der Waals surface area contributed by atoms with Crippen LogP contribution in [0.1, 0.15) is 11.1 Å². The summed E-state index contributed by atoms with van der Waals surface area (Å²) in [6.07, 6.45) is 0. The molecular weight excluding hydrogens is 236 g/mol. The Kier molecular flexibility index (Phi) is 5.11. The molecule has 0 aromatic heterocycles. The van der Waals surface area contributed by atoms with Gasteiger partial charge in [-0.25, -0.2) is 12.7 Å². The fourth-order valence-corrected chi connectivity index (χ4v) is 2.67. The van der Waals surface area contributed by atoms with Gasteiger partial charge in [0.25, 0.3) is 0 Å². The van der Waals surface area contributed by atoms with Crippen LogP contribution in [0.15, 0.2) is 24.3 Å². The number of hydrogen-bond acceptors (Lipinski definition) is 3. The van der Waals surface area contributed by atoms with Crippen LogP contribution in [-0.4, -0.2) is 39.1 Å². The average molecular weight is 256 g/mol. The molecule has 0 heterocycles. The van der Waals surface area contributed by atoms with E-state index in [1.165, 1.54) is 4.31 Å². The zero-order valence-electron chi connectivity index (χ0n) is 10.6. The number of sulfonamides is 1. The molecule has 4 nitrogen and oxygen atoms in total. The predicted molar refractivity (Wildman–Crippen MR) is 70.4 cm³/mol. The lowest BCUT2D eigenvalue weighted by Crippen LogP contribution is -2.32. The summed E-state index contributed by atoms with van der Waals surface area (Å²) in [5.41, 5.74) is 2.16. The van der Waals surface area contributed by atoms with Crippen LogP contribution in [0.4, 0.5) is 0 Å². The fourth-order valence-electron chi connectivity index (χ4n) is 1.55. The maximum atomic E-state index is 11.9. The van der Waals surface area contributed by atoms with Crippen molar-refractivity contribution in [1.82, 2.24) is 9.62 Å². The Labute approximate surface area is 104 Å². The van der Waals surface area contributed by atoms with Gasteiger partial charge in [0.2, 0.25) is 10.0 Å². The van der Waals surface area contributed by atoms with Crippen LogP contribution < -0.4 is 5.32 Å². The van der Waals surface area contributed by atoms with E-state index >= 15 is 0 Å². The number of rotatable bonds is 6. The maximum Gasteiger partial charge on any atom is 0.215 e. The van der Waals surface area contributed by atoms with Crippen molar-refractivity contribution in [3.63, 3.8) is 0 Å². The highest BCUT2D eigenvalue weighted by Gasteiger charge is 2.17. The van der Waals surface area contributed by atoms with E-state index in [0.717, 1.165) is 11.1 Å². The second kappa shape index (κ2) is 6.14. The molecule has 0 aliphatic heterocycles. The Morgan fingerprint density at radius 2 is 2.06 bits per heavy atom. The molecule has 1 aromatic carbocycles. The summed E-state index contributed by atoms with van der Waals surface area (Å²) in [6, 6.07) is 7.89. The van der Waals surface area contributed by atoms with Crippen molar-refractivity contribution in [3.05, 3.63) is 35.4 Å². The third-order valence-corrected chi connectivity index (χ3v) is 4.37. The molecule has 1 N–H and O–H groups in total. The summed E-state index contributed by atoms with van der Waals surface area (Å²) >= 11 is 0. The normalized spacial score (nSPS) is 12.0. The van der Waals surface area contributed by atoms with Gasteiger partial charge in [0.15, 0.2) is 0 Å². The molecule has 0 aliphatic carbocycles. The fraction of sp³-hybridized carbons (Fsp3) is 0.500. The lowest BCUT2D eigenvalue weighted by molar-refractivity contribution is 0.465. The van der Waals surface area contributed by atoms with E-state index in [1.807, 2.05) is 31.2 Å². The minimum atomic E-state index is -3.16. The van der Waals surface area contributed by atoms with Crippen molar-refractivity contribution in [1.29, 1.82) is 0 Å². The van der Waals surface area contributed by atoms with Gasteiger partial charge in [-0.1, -0.05) is 29.8 Å². The SMILES string of the molecule is CNCCS(=O)(=O)N(C)Cc1cccc(C)c1. The molecule has 1 rings (SSSR count). The van der Waals surface area contributed by atoms with Crippen LogP contribution in [0.2, 0.25) is 0 Å². The van der Waals surface area contributed by atoms with E-state index in [2.05, 4.69) is 5.32 Å². The van der Waals surface area contributed by atoms with Crippen molar-refractivity contribution in [2.45, 2.75) is 13.5 Å². The van der Waals surface area contributed by atoms with E-state index in [1.54, 1.807) is 14.1 Å². The molecule has 0 saturated heterocycles. The third kappa shape index (κ3) is 4.46. The van der Waals surface area contributed by atoms with Gasteiger partial charge in [0.05, 0.1) is 5.75 Å². The highest BCUT2D eigenvalue weighted by Crippen LogP contribution is 2.09. The zero-order chi connectivity index (χ0) is 12.9. The molecule has 0 radical (unpaired) electrons. The van der Waals surface area contributed by atoms with Gasteiger partial charge in [-0.05, 0) is 19.5 Å². The molecule has 0 unspecified atom stereocenters. The lowest BCUT2D eigenvalue weighted by Gasteiger charge is -2.17. The second-order valence-electron chi connectivity index (χ2n) is 4.16. The smallest absolute Gasteiger partial charge is 0.215 e. The number of nitrogens with zero attached hydrogens (tertiary/aromatic N) is 1. The number of hydrogen-bond donors (Lipinski definition) is 1. The van der Waals surface area contributed by atoms with Crippen molar-refractivity contribution in [3.8, 4) is 0 Å². The van der Waals surface area contributed by atoms with E-state index in [-0.39, 0.29) is 5.75 Å². The first-order chi connectivity index (χ1) is 7.95. The molecule has 0 fully saturated rings. The molecule has 0 amide bonds. The molecule has 5 heteroatoms. The molecular formula is C12H20N2O2S. The minimum Gasteiger partial charge on any atom is -0.319 e. The summed E-state index contributed by atoms with van der Waals surface area (Å²) in [7, 11) is 0.202. The van der Waals surface area contributed by atoms with Gasteiger partial charge < -0.3 is 5.32 Å². The van der Waals surface area contributed by atoms with Crippen LogP contribution in [0.25, 0.3) is 0 Å². The van der Waals surface area contributed by atoms with Gasteiger partial charge in [0.1, 0.15) is 0 Å². The zero-order valence-corrected chi connectivity index (χ0v) is 11.4. The van der Waals surface area contributed by atoms with Gasteiger partial charge in [0, 0.05) is 20.1 Å². The minimum absolute atomic E-state index is 0.131. The maximum absolute atomic E-state index is 11.9. The monoisotopic (exact) mass is 256 g/mol. The predicted octanol–water partition coefficient (Wildman–Crippen LogP) is 0.976. The molecule has 1 aromatic rings. The molecule has 0 atom stereocenters. The van der Waals surface area contributed by atoms with Crippen molar-refractivity contribution < 1.29 is 8.42 Å². The Morgan fingerprint density at radius 1 is 1.35 bits per heavy atom. The van der Waals surface area contributed by atoms with Crippen LogP contribution in [0.5, 0.6) is 0 Å². The van der Waals surface area contributed by atoms with Gasteiger partial charge in [-0.3, -0.25) is 0 Å². The Bertz CT molecular complexity index is 457. The molecule has 0 bridgehead atoms. The average Bonchev–Trinajstić information content (AvgIpc) is 2.26. The van der Waals surface area contributed by atoms with Crippen molar-refractivity contribution >= 4 is 10.0 Å². The van der Waals surface area contributed by atoms with E-state index in [9.17, 15) is 8.42 Å². The Morgan fingerprint density at radius 3 is 2.65 bits per heavy atom. The van der Waals surface area contributed by atoms with Gasteiger partial charge >= 0.3 is 0 Å². The summed E-state index contributed by atoms with van der Waals surface area (Å²) in [4.78, 5) is 0. The first-order valence-electron chi connectivity index (χ1n) is 5.60. The number of benzene rings is 1. The first-order valence-corrected chi connectivity index (χ1v) is 7.21. The topological polar surface area (TPSA) is 49.4 Å². The largest absolute Gasteiger partial charge is 0.319 e. The first kappa shape index (κ1) is 14.2. The van der Waals surface area contributed by atoms with Crippen molar-refractivity contribution in [2.24, 2.45) is 0 Å². The number of nitrogens with one attached hydrogen (secondary N) is 1. The van der Waals surface area contributed by atoms with Crippen LogP contribution in [0.3, 0.4) is 0 Å². The van der Waals surface area contributed by atoms with Crippen molar-refractivity contribution in [2.75, 3.05) is 26.4 Å². The summed E-state index contributed by atoms with van der Waals surface area (Å²) in [6.45, 7) is 2.90. The van der Waals surface area contributed by atoms with Gasteiger partial charge in [-0.15, -0.1) is 0 Å². The molecule has 96 valence electrons. The summed E-state index contributed by atoms with van der Waals surface area (Å²) in [5.74, 6) is 0.131. The highest BCUT2D eigenvalue weighted by atomic mass is 32.2. The second-order valence-corrected chi connectivity index (χ2v) is 6.36. The Balaban J connectivity index is 2.68. The van der Waals surface area contributed by atoms with Gasteiger partial charge in [-0.2, -0.15) is 0 Å². The van der Waals surface area contributed by atoms with E-state index in [0.29, 0.717) is 13.1 Å². The Hall–Kier alpha value is -0.910. The highest BCUT2D eigenvalue weighted by molar-refractivity contribution is 7.89. The molecule has 17 heavy (non-hydrogen) atoms. The van der Waals surface area contributed by atoms with Crippen LogP contribution in [-0.2, 0) is 16.6 Å². The quantitative estimate of drug-likeness (QED) is 0.825. The standard InChI is InChI=1S/C12H20N2O2S/c1-11-5-4-6-12(9-11)10-14(3)17(15,16)8-7-13-2/h4-6,9,13H,7-8,10H2,1-3H3. The van der Waals surface area contributed by atoms with Crippen LogP contribution >= 0.6 is 0 Å². The van der Waals surface area contributed by atoms with E-state index in [4.69, 9.17) is 0 Å². The lowest BCUT2D eigenvalue weighted by atomic mass is 10.1.